The number of nitrogens with zero attached hydrogens (tertiary/aromatic N) is 1. The Hall–Kier alpha value is -2.05. The molecule has 0 radical (unpaired) electrons. The van der Waals surface area contributed by atoms with Gasteiger partial charge in [-0.25, -0.2) is 4.79 Å². The van der Waals surface area contributed by atoms with E-state index in [4.69, 9.17) is 5.11 Å². The molecule has 4 nitrogen and oxygen atoms in total. The number of hydrogen-bond acceptors (Lipinski definition) is 2. The molecular weight excluding hydrogens is 275 g/mol. The summed E-state index contributed by atoms with van der Waals surface area (Å²) in [6.45, 7) is 0.0118. The first-order chi connectivity index (χ1) is 9.24. The lowest BCUT2D eigenvalue weighted by molar-refractivity contribution is -0.160. The molecule has 20 heavy (non-hydrogen) atoms. The quantitative estimate of drug-likeness (QED) is 0.905. The molecule has 0 unspecified atom stereocenters. The van der Waals surface area contributed by atoms with Crippen LogP contribution in [0, 0.1) is 0 Å². The molecule has 0 spiro atoms. The molecule has 110 valence electrons. The highest BCUT2D eigenvalue weighted by Crippen LogP contribution is 2.18. The SMILES string of the molecule is CCN(CC(F)(F)F)C(=O)Cc1ccccc1C(=O)O. The van der Waals surface area contributed by atoms with Gasteiger partial charge < -0.3 is 10.0 Å². The first-order valence-electron chi connectivity index (χ1n) is 5.90. The summed E-state index contributed by atoms with van der Waals surface area (Å²) in [5, 5.41) is 8.96. The van der Waals surface area contributed by atoms with Crippen molar-refractivity contribution in [2.24, 2.45) is 0 Å². The van der Waals surface area contributed by atoms with Crippen molar-refractivity contribution in [2.75, 3.05) is 13.1 Å². The van der Waals surface area contributed by atoms with Crippen LogP contribution in [-0.2, 0) is 11.2 Å². The predicted octanol–water partition coefficient (Wildman–Crippen LogP) is 2.34. The maximum atomic E-state index is 12.3. The zero-order chi connectivity index (χ0) is 15.3. The van der Waals surface area contributed by atoms with Crippen LogP contribution in [0.4, 0.5) is 13.2 Å². The number of carbonyl (C=O) groups is 2. The van der Waals surface area contributed by atoms with Crippen LogP contribution in [-0.4, -0.2) is 41.1 Å². The van der Waals surface area contributed by atoms with Gasteiger partial charge in [-0.05, 0) is 18.6 Å². The molecule has 0 fully saturated rings. The van der Waals surface area contributed by atoms with Crippen molar-refractivity contribution in [3.05, 3.63) is 35.4 Å². The molecule has 0 atom stereocenters. The van der Waals surface area contributed by atoms with Gasteiger partial charge in [-0.1, -0.05) is 18.2 Å². The minimum absolute atomic E-state index is 0.0797. The molecule has 1 aromatic rings. The summed E-state index contributed by atoms with van der Waals surface area (Å²) in [7, 11) is 0. The molecule has 1 rings (SSSR count). The standard InChI is InChI=1S/C13H14F3NO3/c1-2-17(8-13(14,15)16)11(18)7-9-5-3-4-6-10(9)12(19)20/h3-6H,2,7-8H2,1H3,(H,19,20). The molecule has 1 amide bonds. The van der Waals surface area contributed by atoms with E-state index in [2.05, 4.69) is 0 Å². The summed E-state index contributed by atoms with van der Waals surface area (Å²) in [6, 6.07) is 5.76. The fourth-order valence-electron chi connectivity index (χ4n) is 1.75. The topological polar surface area (TPSA) is 57.6 Å². The lowest BCUT2D eigenvalue weighted by atomic mass is 10.0. The second kappa shape index (κ2) is 6.40. The van der Waals surface area contributed by atoms with Crippen LogP contribution in [0.15, 0.2) is 24.3 Å². The first kappa shape index (κ1) is 16.0. The van der Waals surface area contributed by atoms with Crippen molar-refractivity contribution in [3.8, 4) is 0 Å². The second-order valence-corrected chi connectivity index (χ2v) is 4.16. The molecule has 0 aromatic heterocycles. The third kappa shape index (κ3) is 4.56. The highest BCUT2D eigenvalue weighted by molar-refractivity contribution is 5.91. The summed E-state index contributed by atoms with van der Waals surface area (Å²) in [4.78, 5) is 23.4. The zero-order valence-corrected chi connectivity index (χ0v) is 10.8. The van der Waals surface area contributed by atoms with Crippen LogP contribution in [0.25, 0.3) is 0 Å². The zero-order valence-electron chi connectivity index (χ0n) is 10.8. The molecule has 1 aromatic carbocycles. The van der Waals surface area contributed by atoms with E-state index < -0.39 is 24.6 Å². The van der Waals surface area contributed by atoms with Crippen LogP contribution < -0.4 is 0 Å². The van der Waals surface area contributed by atoms with Crippen LogP contribution in [0.3, 0.4) is 0 Å². The summed E-state index contributed by atoms with van der Waals surface area (Å²) in [5.41, 5.74) is 0.120. The Bertz CT molecular complexity index is 500. The van der Waals surface area contributed by atoms with Gasteiger partial charge in [-0.3, -0.25) is 4.79 Å². The van der Waals surface area contributed by atoms with E-state index in [9.17, 15) is 22.8 Å². The van der Waals surface area contributed by atoms with Gasteiger partial charge in [0.25, 0.3) is 0 Å². The van der Waals surface area contributed by atoms with Crippen molar-refractivity contribution in [1.29, 1.82) is 0 Å². The fraction of sp³-hybridized carbons (Fsp3) is 0.385. The van der Waals surface area contributed by atoms with Gasteiger partial charge in [0.2, 0.25) is 5.91 Å². The van der Waals surface area contributed by atoms with Crippen molar-refractivity contribution >= 4 is 11.9 Å². The monoisotopic (exact) mass is 289 g/mol. The second-order valence-electron chi connectivity index (χ2n) is 4.16. The number of carboxylic acid groups (broad SMARTS) is 1. The predicted molar refractivity (Wildman–Crippen MR) is 65.4 cm³/mol. The molecule has 0 saturated carbocycles. The molecule has 0 bridgehead atoms. The number of alkyl halides is 3. The van der Waals surface area contributed by atoms with Crippen LogP contribution >= 0.6 is 0 Å². The van der Waals surface area contributed by atoms with Crippen molar-refractivity contribution in [2.45, 2.75) is 19.5 Å². The summed E-state index contributed by atoms with van der Waals surface area (Å²) < 4.78 is 36.9. The lowest BCUT2D eigenvalue weighted by Gasteiger charge is -2.22. The van der Waals surface area contributed by atoms with E-state index in [-0.39, 0.29) is 24.1 Å². The van der Waals surface area contributed by atoms with Gasteiger partial charge in [-0.15, -0.1) is 0 Å². The van der Waals surface area contributed by atoms with Gasteiger partial charge >= 0.3 is 12.1 Å². The van der Waals surface area contributed by atoms with E-state index >= 15 is 0 Å². The number of aromatic carboxylic acids is 1. The van der Waals surface area contributed by atoms with E-state index in [0.717, 1.165) is 0 Å². The van der Waals surface area contributed by atoms with Gasteiger partial charge in [0, 0.05) is 6.54 Å². The summed E-state index contributed by atoms with van der Waals surface area (Å²) in [5.74, 6) is -1.97. The molecule has 0 aliphatic carbocycles. The van der Waals surface area contributed by atoms with Gasteiger partial charge in [0.05, 0.1) is 12.0 Å². The molecule has 0 aliphatic rings. The minimum atomic E-state index is -4.47. The van der Waals surface area contributed by atoms with E-state index in [1.807, 2.05) is 0 Å². The van der Waals surface area contributed by atoms with Gasteiger partial charge in [0.15, 0.2) is 0 Å². The lowest BCUT2D eigenvalue weighted by Crippen LogP contribution is -2.39. The Kier molecular flexibility index (Phi) is 5.12. The molecule has 7 heteroatoms. The Labute approximate surface area is 113 Å². The number of hydrogen-bond donors (Lipinski definition) is 1. The van der Waals surface area contributed by atoms with Gasteiger partial charge in [-0.2, -0.15) is 13.2 Å². The number of rotatable bonds is 5. The number of carbonyl (C=O) groups excluding carboxylic acids is 1. The summed E-state index contributed by atoms with van der Waals surface area (Å²) >= 11 is 0. The van der Waals surface area contributed by atoms with Crippen LogP contribution in [0.2, 0.25) is 0 Å². The number of benzene rings is 1. The Balaban J connectivity index is 2.87. The van der Waals surface area contributed by atoms with E-state index in [1.165, 1.54) is 31.2 Å². The number of halogens is 3. The average molecular weight is 289 g/mol. The number of likely N-dealkylation sites (N-methyl/N-ethyl adjacent to an activating group) is 1. The van der Waals surface area contributed by atoms with Crippen molar-refractivity contribution in [3.63, 3.8) is 0 Å². The Morgan fingerprint density at radius 2 is 1.85 bits per heavy atom. The minimum Gasteiger partial charge on any atom is -0.478 e. The van der Waals surface area contributed by atoms with Gasteiger partial charge in [0.1, 0.15) is 6.54 Å². The molecule has 0 aliphatic heterocycles. The Morgan fingerprint density at radius 1 is 1.25 bits per heavy atom. The number of carboxylic acids is 1. The highest BCUT2D eigenvalue weighted by atomic mass is 19.4. The van der Waals surface area contributed by atoms with E-state index in [1.54, 1.807) is 0 Å². The normalized spacial score (nSPS) is 11.2. The summed E-state index contributed by atoms with van der Waals surface area (Å²) in [6.07, 6.45) is -4.84. The molecule has 0 heterocycles. The van der Waals surface area contributed by atoms with Crippen LogP contribution in [0.5, 0.6) is 0 Å². The Morgan fingerprint density at radius 3 is 2.35 bits per heavy atom. The smallest absolute Gasteiger partial charge is 0.406 e. The van der Waals surface area contributed by atoms with Crippen molar-refractivity contribution < 1.29 is 27.9 Å². The first-order valence-corrected chi connectivity index (χ1v) is 5.90. The third-order valence-electron chi connectivity index (χ3n) is 2.69. The van der Waals surface area contributed by atoms with Crippen molar-refractivity contribution in [1.82, 2.24) is 4.90 Å². The maximum absolute atomic E-state index is 12.3. The highest BCUT2D eigenvalue weighted by Gasteiger charge is 2.32. The maximum Gasteiger partial charge on any atom is 0.406 e. The van der Waals surface area contributed by atoms with Crippen LogP contribution in [0.1, 0.15) is 22.8 Å². The average Bonchev–Trinajstić information content (AvgIpc) is 2.35. The largest absolute Gasteiger partial charge is 0.478 e. The van der Waals surface area contributed by atoms with E-state index in [0.29, 0.717) is 4.90 Å². The number of amides is 1. The molecule has 0 saturated heterocycles. The molecular formula is C13H14F3NO3. The third-order valence-corrected chi connectivity index (χ3v) is 2.69. The molecule has 1 N–H and O–H groups in total. The fourth-order valence-corrected chi connectivity index (χ4v) is 1.75.